The number of benzene rings is 2. The molecule has 0 bridgehead atoms. The van der Waals surface area contributed by atoms with Gasteiger partial charge in [-0.15, -0.1) is 0 Å². The van der Waals surface area contributed by atoms with Crippen molar-refractivity contribution in [3.05, 3.63) is 48.0 Å². The number of nitrogens with zero attached hydrogens (tertiary/aromatic N) is 1. The fraction of sp³-hybridized carbons (Fsp3) is 0.312. The van der Waals surface area contributed by atoms with E-state index in [1.54, 1.807) is 6.92 Å². The van der Waals surface area contributed by atoms with Crippen molar-refractivity contribution in [3.63, 3.8) is 0 Å². The van der Waals surface area contributed by atoms with E-state index in [1.165, 1.54) is 10.8 Å². The summed E-state index contributed by atoms with van der Waals surface area (Å²) in [6, 6.07) is 14.0. The van der Waals surface area contributed by atoms with E-state index in [0.29, 0.717) is 0 Å². The summed E-state index contributed by atoms with van der Waals surface area (Å²) < 4.78 is 0. The number of carboxylic acid groups (broad SMARTS) is 1. The van der Waals surface area contributed by atoms with Gasteiger partial charge in [0.2, 0.25) is 0 Å². The number of carboxylic acids is 1. The van der Waals surface area contributed by atoms with Crippen LogP contribution in [0.15, 0.2) is 42.5 Å². The molecule has 3 heteroatoms. The van der Waals surface area contributed by atoms with Gasteiger partial charge in [-0.2, -0.15) is 0 Å². The van der Waals surface area contributed by atoms with E-state index in [0.717, 1.165) is 5.56 Å². The third-order valence-corrected chi connectivity index (χ3v) is 3.84. The van der Waals surface area contributed by atoms with Gasteiger partial charge in [-0.25, -0.2) is 0 Å². The molecule has 0 aromatic heterocycles. The Morgan fingerprint density at radius 2 is 1.74 bits per heavy atom. The van der Waals surface area contributed by atoms with Crippen LogP contribution < -0.4 is 0 Å². The largest absolute Gasteiger partial charge is 0.480 e. The molecule has 0 aliphatic heterocycles. The van der Waals surface area contributed by atoms with E-state index in [1.807, 2.05) is 31.0 Å². The lowest BCUT2D eigenvalue weighted by atomic mass is 10.0. The SMILES string of the molecule is CC(C(=O)O)N(C)C(C)c1ccc2ccccc2c1. The molecule has 0 fully saturated rings. The van der Waals surface area contributed by atoms with E-state index in [2.05, 4.69) is 30.3 Å². The molecule has 0 spiro atoms. The van der Waals surface area contributed by atoms with Gasteiger partial charge >= 0.3 is 5.97 Å². The number of carbonyl (C=O) groups is 1. The number of fused-ring (bicyclic) bond motifs is 1. The number of rotatable bonds is 4. The topological polar surface area (TPSA) is 40.5 Å². The Kier molecular flexibility index (Phi) is 3.86. The predicted octanol–water partition coefficient (Wildman–Crippen LogP) is 3.31. The Balaban J connectivity index is 2.30. The van der Waals surface area contributed by atoms with Crippen LogP contribution >= 0.6 is 0 Å². The van der Waals surface area contributed by atoms with E-state index >= 15 is 0 Å². The highest BCUT2D eigenvalue weighted by Gasteiger charge is 2.22. The lowest BCUT2D eigenvalue weighted by molar-refractivity contribution is -0.142. The van der Waals surface area contributed by atoms with Crippen molar-refractivity contribution in [1.82, 2.24) is 4.90 Å². The molecule has 3 nitrogen and oxygen atoms in total. The Morgan fingerprint density at radius 3 is 2.37 bits per heavy atom. The van der Waals surface area contributed by atoms with Crippen LogP contribution in [0.5, 0.6) is 0 Å². The van der Waals surface area contributed by atoms with Crippen LogP contribution in [-0.2, 0) is 4.79 Å². The predicted molar refractivity (Wildman–Crippen MR) is 77.2 cm³/mol. The summed E-state index contributed by atoms with van der Waals surface area (Å²) in [5, 5.41) is 11.5. The summed E-state index contributed by atoms with van der Waals surface area (Å²) in [6.07, 6.45) is 0. The van der Waals surface area contributed by atoms with Crippen LogP contribution in [0.4, 0.5) is 0 Å². The zero-order chi connectivity index (χ0) is 14.0. The monoisotopic (exact) mass is 257 g/mol. The van der Waals surface area contributed by atoms with Crippen molar-refractivity contribution in [3.8, 4) is 0 Å². The molecule has 2 aromatic carbocycles. The van der Waals surface area contributed by atoms with Gasteiger partial charge in [0.05, 0.1) is 0 Å². The van der Waals surface area contributed by atoms with Gasteiger partial charge in [0.15, 0.2) is 0 Å². The average Bonchev–Trinajstić information content (AvgIpc) is 2.44. The second-order valence-corrected chi connectivity index (χ2v) is 4.96. The second kappa shape index (κ2) is 5.41. The third-order valence-electron chi connectivity index (χ3n) is 3.84. The Bertz CT molecular complexity index is 594. The maximum absolute atomic E-state index is 11.0. The normalized spacial score (nSPS) is 14.5. The van der Waals surface area contributed by atoms with E-state index in [-0.39, 0.29) is 6.04 Å². The fourth-order valence-corrected chi connectivity index (χ4v) is 2.21. The molecule has 0 heterocycles. The first-order chi connectivity index (χ1) is 9.00. The molecule has 2 aromatic rings. The van der Waals surface area contributed by atoms with Crippen molar-refractivity contribution >= 4 is 16.7 Å². The molecular weight excluding hydrogens is 238 g/mol. The third kappa shape index (κ3) is 2.76. The minimum absolute atomic E-state index is 0.0655. The highest BCUT2D eigenvalue weighted by atomic mass is 16.4. The van der Waals surface area contributed by atoms with Crippen LogP contribution in [0.2, 0.25) is 0 Å². The molecule has 0 aliphatic rings. The van der Waals surface area contributed by atoms with Gasteiger partial charge in [-0.05, 0) is 43.3 Å². The molecule has 2 rings (SSSR count). The lowest BCUT2D eigenvalue weighted by Crippen LogP contribution is -2.37. The summed E-state index contributed by atoms with van der Waals surface area (Å²) in [5.74, 6) is -0.796. The Labute approximate surface area is 113 Å². The minimum Gasteiger partial charge on any atom is -0.480 e. The van der Waals surface area contributed by atoms with Gasteiger partial charge < -0.3 is 5.11 Å². The van der Waals surface area contributed by atoms with Crippen LogP contribution in [0.3, 0.4) is 0 Å². The van der Waals surface area contributed by atoms with Gasteiger partial charge in [-0.3, -0.25) is 9.69 Å². The number of aliphatic carboxylic acids is 1. The standard InChI is InChI=1S/C16H19NO2/c1-11(17(3)12(2)16(18)19)14-9-8-13-6-4-5-7-15(13)10-14/h4-12H,1-3H3,(H,18,19). The fourth-order valence-electron chi connectivity index (χ4n) is 2.21. The summed E-state index contributed by atoms with van der Waals surface area (Å²) in [6.45, 7) is 3.74. The highest BCUT2D eigenvalue weighted by Crippen LogP contribution is 2.24. The van der Waals surface area contributed by atoms with E-state index in [9.17, 15) is 4.79 Å². The first-order valence-corrected chi connectivity index (χ1v) is 6.44. The smallest absolute Gasteiger partial charge is 0.320 e. The first kappa shape index (κ1) is 13.6. The van der Waals surface area contributed by atoms with E-state index < -0.39 is 12.0 Å². The number of hydrogen-bond acceptors (Lipinski definition) is 2. The first-order valence-electron chi connectivity index (χ1n) is 6.44. The molecule has 1 N–H and O–H groups in total. The summed E-state index contributed by atoms with van der Waals surface area (Å²) in [4.78, 5) is 12.9. The van der Waals surface area contributed by atoms with Crippen LogP contribution in [0.25, 0.3) is 10.8 Å². The van der Waals surface area contributed by atoms with Crippen molar-refractivity contribution in [2.24, 2.45) is 0 Å². The van der Waals surface area contributed by atoms with Crippen molar-refractivity contribution in [2.45, 2.75) is 25.9 Å². The van der Waals surface area contributed by atoms with Gasteiger partial charge in [-0.1, -0.05) is 36.4 Å². The van der Waals surface area contributed by atoms with Crippen molar-refractivity contribution < 1.29 is 9.90 Å². The maximum atomic E-state index is 11.0. The molecule has 100 valence electrons. The molecule has 2 unspecified atom stereocenters. The quantitative estimate of drug-likeness (QED) is 0.913. The molecular formula is C16H19NO2. The van der Waals surface area contributed by atoms with Crippen molar-refractivity contribution in [2.75, 3.05) is 7.05 Å². The molecule has 0 saturated heterocycles. The minimum atomic E-state index is -0.796. The molecule has 0 aliphatic carbocycles. The van der Waals surface area contributed by atoms with Gasteiger partial charge in [0.1, 0.15) is 6.04 Å². The van der Waals surface area contributed by atoms with Crippen LogP contribution in [0.1, 0.15) is 25.5 Å². The highest BCUT2D eigenvalue weighted by molar-refractivity contribution is 5.83. The molecule has 0 radical (unpaired) electrons. The van der Waals surface area contributed by atoms with Gasteiger partial charge in [0, 0.05) is 6.04 Å². The zero-order valence-electron chi connectivity index (χ0n) is 11.5. The lowest BCUT2D eigenvalue weighted by Gasteiger charge is -2.28. The van der Waals surface area contributed by atoms with Crippen LogP contribution in [-0.4, -0.2) is 29.1 Å². The maximum Gasteiger partial charge on any atom is 0.320 e. The molecule has 0 amide bonds. The summed E-state index contributed by atoms with van der Waals surface area (Å²) in [7, 11) is 1.85. The van der Waals surface area contributed by atoms with Crippen molar-refractivity contribution in [1.29, 1.82) is 0 Å². The number of likely N-dealkylation sites (N-methyl/N-ethyl adjacent to an activating group) is 1. The molecule has 19 heavy (non-hydrogen) atoms. The second-order valence-electron chi connectivity index (χ2n) is 4.96. The zero-order valence-corrected chi connectivity index (χ0v) is 11.5. The molecule has 2 atom stereocenters. The number of hydrogen-bond donors (Lipinski definition) is 1. The Morgan fingerprint density at radius 1 is 1.11 bits per heavy atom. The molecule has 0 saturated carbocycles. The summed E-state index contributed by atoms with van der Waals surface area (Å²) in [5.41, 5.74) is 1.13. The average molecular weight is 257 g/mol. The van der Waals surface area contributed by atoms with E-state index in [4.69, 9.17) is 5.11 Å². The van der Waals surface area contributed by atoms with Gasteiger partial charge in [0.25, 0.3) is 0 Å². The Hall–Kier alpha value is -1.87. The summed E-state index contributed by atoms with van der Waals surface area (Å²) >= 11 is 0. The van der Waals surface area contributed by atoms with Crippen LogP contribution in [0, 0.1) is 0 Å².